The van der Waals surface area contributed by atoms with Crippen LogP contribution in [0.25, 0.3) is 0 Å². The van der Waals surface area contributed by atoms with Crippen molar-refractivity contribution in [3.8, 4) is 0 Å². The molecule has 0 spiro atoms. The van der Waals surface area contributed by atoms with Crippen LogP contribution in [0.5, 0.6) is 0 Å². The zero-order chi connectivity index (χ0) is 12.8. The van der Waals surface area contributed by atoms with Gasteiger partial charge < -0.3 is 9.88 Å². The number of nitrogens with one attached hydrogen (secondary N) is 1. The lowest BCUT2D eigenvalue weighted by molar-refractivity contribution is 0.296. The summed E-state index contributed by atoms with van der Waals surface area (Å²) >= 11 is 0. The molecule has 19 heavy (non-hydrogen) atoms. The molecule has 4 rings (SSSR count). The number of rotatable bonds is 5. The molecule has 3 aliphatic rings. The lowest BCUT2D eigenvalue weighted by Crippen LogP contribution is -2.18. The van der Waals surface area contributed by atoms with E-state index < -0.39 is 0 Å². The molecular formula is C17H26N2. The summed E-state index contributed by atoms with van der Waals surface area (Å²) in [5.74, 6) is 3.97. The molecule has 4 unspecified atom stereocenters. The molecule has 3 saturated carbocycles. The minimum absolute atomic E-state index is 0.598. The number of hydrogen-bond donors (Lipinski definition) is 1. The standard InChI is InChI=1S/C17H26N2/c1-18-17(13-4-5-13)15-6-7-19(10-15)11-16-9-12-2-3-14(16)8-12/h6-7,10,12-14,16-18H,2-5,8-9,11H2,1H3. The van der Waals surface area contributed by atoms with E-state index in [0.29, 0.717) is 6.04 Å². The molecular weight excluding hydrogens is 232 g/mol. The van der Waals surface area contributed by atoms with Gasteiger partial charge in [-0.25, -0.2) is 0 Å². The maximum Gasteiger partial charge on any atom is 0.0361 e. The topological polar surface area (TPSA) is 17.0 Å². The average Bonchev–Trinajstić information content (AvgIpc) is 2.85. The zero-order valence-electron chi connectivity index (χ0n) is 12.0. The molecule has 1 N–H and O–H groups in total. The molecule has 2 bridgehead atoms. The van der Waals surface area contributed by atoms with E-state index in [4.69, 9.17) is 0 Å². The van der Waals surface area contributed by atoms with Crippen molar-refractivity contribution in [3.05, 3.63) is 24.0 Å². The molecule has 1 aromatic rings. The van der Waals surface area contributed by atoms with Crippen LogP contribution in [-0.4, -0.2) is 11.6 Å². The summed E-state index contributed by atoms with van der Waals surface area (Å²) in [4.78, 5) is 0. The van der Waals surface area contributed by atoms with Crippen molar-refractivity contribution in [3.63, 3.8) is 0 Å². The van der Waals surface area contributed by atoms with E-state index in [1.807, 2.05) is 0 Å². The van der Waals surface area contributed by atoms with Crippen LogP contribution >= 0.6 is 0 Å². The molecule has 2 nitrogen and oxygen atoms in total. The summed E-state index contributed by atoms with van der Waals surface area (Å²) in [6.07, 6.45) is 13.6. The molecule has 1 heterocycles. The minimum atomic E-state index is 0.598. The Hall–Kier alpha value is -0.760. The van der Waals surface area contributed by atoms with Crippen LogP contribution in [-0.2, 0) is 6.54 Å². The van der Waals surface area contributed by atoms with Gasteiger partial charge in [0.05, 0.1) is 0 Å². The number of hydrogen-bond acceptors (Lipinski definition) is 1. The van der Waals surface area contributed by atoms with E-state index in [1.165, 1.54) is 50.6 Å². The Kier molecular flexibility index (Phi) is 2.95. The average molecular weight is 258 g/mol. The van der Waals surface area contributed by atoms with Gasteiger partial charge in [-0.1, -0.05) is 6.42 Å². The molecule has 0 radical (unpaired) electrons. The van der Waals surface area contributed by atoms with Gasteiger partial charge in [0, 0.05) is 25.0 Å². The Labute approximate surface area is 116 Å². The van der Waals surface area contributed by atoms with Crippen LogP contribution in [0.4, 0.5) is 0 Å². The second-order valence-electron chi connectivity index (χ2n) is 7.18. The van der Waals surface area contributed by atoms with Gasteiger partial charge in [0.2, 0.25) is 0 Å². The van der Waals surface area contributed by atoms with Crippen LogP contribution in [0, 0.1) is 23.7 Å². The summed E-state index contributed by atoms with van der Waals surface area (Å²) in [5, 5.41) is 3.50. The fourth-order valence-electron chi connectivity index (χ4n) is 4.73. The van der Waals surface area contributed by atoms with Crippen LogP contribution < -0.4 is 5.32 Å². The van der Waals surface area contributed by atoms with Crippen LogP contribution in [0.2, 0.25) is 0 Å². The van der Waals surface area contributed by atoms with Gasteiger partial charge in [-0.15, -0.1) is 0 Å². The van der Waals surface area contributed by atoms with Crippen LogP contribution in [0.3, 0.4) is 0 Å². The molecule has 1 aromatic heterocycles. The van der Waals surface area contributed by atoms with Gasteiger partial charge in [0.15, 0.2) is 0 Å². The number of fused-ring (bicyclic) bond motifs is 2. The summed E-state index contributed by atoms with van der Waals surface area (Å²) < 4.78 is 2.47. The first-order valence-electron chi connectivity index (χ1n) is 8.16. The number of aromatic nitrogens is 1. The highest BCUT2D eigenvalue weighted by Gasteiger charge is 2.39. The maximum absolute atomic E-state index is 3.50. The van der Waals surface area contributed by atoms with Gasteiger partial charge in [-0.05, 0) is 74.5 Å². The third-order valence-corrected chi connectivity index (χ3v) is 5.87. The second kappa shape index (κ2) is 4.66. The summed E-state index contributed by atoms with van der Waals surface area (Å²) in [6.45, 7) is 1.27. The fourth-order valence-corrected chi connectivity index (χ4v) is 4.73. The molecule has 3 fully saturated rings. The van der Waals surface area contributed by atoms with Gasteiger partial charge >= 0.3 is 0 Å². The highest BCUT2D eigenvalue weighted by atomic mass is 15.0. The Morgan fingerprint density at radius 1 is 1.26 bits per heavy atom. The Morgan fingerprint density at radius 2 is 2.16 bits per heavy atom. The van der Waals surface area contributed by atoms with Gasteiger partial charge in [-0.2, -0.15) is 0 Å². The lowest BCUT2D eigenvalue weighted by Gasteiger charge is -2.22. The van der Waals surface area contributed by atoms with Crippen molar-refractivity contribution in [2.24, 2.45) is 23.7 Å². The smallest absolute Gasteiger partial charge is 0.0361 e. The van der Waals surface area contributed by atoms with Gasteiger partial charge in [0.25, 0.3) is 0 Å². The van der Waals surface area contributed by atoms with Gasteiger partial charge in [-0.3, -0.25) is 0 Å². The van der Waals surface area contributed by atoms with Gasteiger partial charge in [0.1, 0.15) is 0 Å². The van der Waals surface area contributed by atoms with Crippen molar-refractivity contribution >= 4 is 0 Å². The third kappa shape index (κ3) is 2.24. The predicted octanol–water partition coefficient (Wildman–Crippen LogP) is 3.59. The monoisotopic (exact) mass is 258 g/mol. The highest BCUT2D eigenvalue weighted by Crippen LogP contribution is 2.49. The Morgan fingerprint density at radius 3 is 2.79 bits per heavy atom. The normalized spacial score (nSPS) is 34.9. The summed E-state index contributed by atoms with van der Waals surface area (Å²) in [6, 6.07) is 2.94. The Bertz CT molecular complexity index is 446. The lowest BCUT2D eigenvalue weighted by atomic mass is 9.89. The van der Waals surface area contributed by atoms with Crippen molar-refractivity contribution in [1.82, 2.24) is 9.88 Å². The number of nitrogens with zero attached hydrogens (tertiary/aromatic N) is 1. The molecule has 0 amide bonds. The van der Waals surface area contributed by atoms with Crippen molar-refractivity contribution in [2.75, 3.05) is 7.05 Å². The zero-order valence-corrected chi connectivity index (χ0v) is 12.0. The molecule has 3 aliphatic carbocycles. The maximum atomic E-state index is 3.50. The Balaban J connectivity index is 1.43. The molecule has 104 valence electrons. The first kappa shape index (κ1) is 12.0. The molecule has 0 aliphatic heterocycles. The molecule has 0 aromatic carbocycles. The van der Waals surface area contributed by atoms with E-state index in [2.05, 4.69) is 35.4 Å². The predicted molar refractivity (Wildman–Crippen MR) is 77.9 cm³/mol. The summed E-state index contributed by atoms with van der Waals surface area (Å²) in [7, 11) is 2.11. The SMILES string of the molecule is CNC(c1ccn(CC2CC3CCC2C3)c1)C1CC1. The van der Waals surface area contributed by atoms with Crippen molar-refractivity contribution < 1.29 is 0 Å². The van der Waals surface area contributed by atoms with Crippen molar-refractivity contribution in [1.29, 1.82) is 0 Å². The molecule has 2 heteroatoms. The van der Waals surface area contributed by atoms with Crippen LogP contribution in [0.1, 0.15) is 50.1 Å². The second-order valence-corrected chi connectivity index (χ2v) is 7.18. The van der Waals surface area contributed by atoms with E-state index >= 15 is 0 Å². The van der Waals surface area contributed by atoms with E-state index in [-0.39, 0.29) is 0 Å². The van der Waals surface area contributed by atoms with Crippen LogP contribution in [0.15, 0.2) is 18.5 Å². The summed E-state index contributed by atoms with van der Waals surface area (Å²) in [5.41, 5.74) is 1.51. The van der Waals surface area contributed by atoms with E-state index in [0.717, 1.165) is 23.7 Å². The minimum Gasteiger partial charge on any atom is -0.354 e. The van der Waals surface area contributed by atoms with E-state index in [1.54, 1.807) is 0 Å². The third-order valence-electron chi connectivity index (χ3n) is 5.87. The van der Waals surface area contributed by atoms with Crippen molar-refractivity contribution in [2.45, 2.75) is 51.1 Å². The van der Waals surface area contributed by atoms with E-state index in [9.17, 15) is 0 Å². The largest absolute Gasteiger partial charge is 0.354 e. The fraction of sp³-hybridized carbons (Fsp3) is 0.765. The quantitative estimate of drug-likeness (QED) is 0.854. The first-order valence-corrected chi connectivity index (χ1v) is 8.16. The highest BCUT2D eigenvalue weighted by molar-refractivity contribution is 5.18. The molecule has 0 saturated heterocycles. The molecule has 4 atom stereocenters. The first-order chi connectivity index (χ1) is 9.33.